The number of halogens is 1. The van der Waals surface area contributed by atoms with Gasteiger partial charge in [0.15, 0.2) is 5.69 Å². The van der Waals surface area contributed by atoms with Gasteiger partial charge < -0.3 is 10.2 Å². The largest absolute Gasteiger partial charge is 0.371 e. The van der Waals surface area contributed by atoms with Crippen molar-refractivity contribution in [2.24, 2.45) is 0 Å². The quantitative estimate of drug-likeness (QED) is 0.571. The summed E-state index contributed by atoms with van der Waals surface area (Å²) >= 11 is 3.46. The number of rotatable bonds is 5. The van der Waals surface area contributed by atoms with Crippen LogP contribution in [0.25, 0.3) is 5.69 Å². The molecule has 1 aliphatic heterocycles. The molecule has 1 aliphatic carbocycles. The Morgan fingerprint density at radius 2 is 1.83 bits per heavy atom. The smallest absolute Gasteiger partial charge is 0.278 e. The molecule has 0 bridgehead atoms. The number of aryl methyl sites for hydroxylation is 1. The molecule has 7 heteroatoms. The number of amides is 1. The maximum Gasteiger partial charge on any atom is 0.278 e. The molecule has 2 fully saturated rings. The van der Waals surface area contributed by atoms with Crippen LogP contribution in [0.2, 0.25) is 0 Å². The van der Waals surface area contributed by atoms with E-state index < -0.39 is 0 Å². The Morgan fingerprint density at radius 1 is 1.10 bits per heavy atom. The molecule has 0 atom stereocenters. The summed E-state index contributed by atoms with van der Waals surface area (Å²) in [4.78, 5) is 15.5. The van der Waals surface area contributed by atoms with Gasteiger partial charge in [-0.05, 0) is 80.6 Å². The highest BCUT2D eigenvalue weighted by Crippen LogP contribution is 2.42. The van der Waals surface area contributed by atoms with E-state index in [0.29, 0.717) is 11.6 Å². The predicted molar refractivity (Wildman–Crippen MR) is 122 cm³/mol. The van der Waals surface area contributed by atoms with Gasteiger partial charge in [0.1, 0.15) is 0 Å². The number of carbonyl (C=O) groups is 1. The van der Waals surface area contributed by atoms with E-state index in [4.69, 9.17) is 0 Å². The second kappa shape index (κ2) is 7.87. The highest BCUT2D eigenvalue weighted by molar-refractivity contribution is 9.10. The molecule has 1 amide bonds. The van der Waals surface area contributed by atoms with Crippen molar-refractivity contribution in [3.8, 4) is 5.69 Å². The van der Waals surface area contributed by atoms with Crippen molar-refractivity contribution in [3.05, 3.63) is 63.9 Å². The maximum atomic E-state index is 13.1. The molecule has 1 saturated heterocycles. The summed E-state index contributed by atoms with van der Waals surface area (Å²) in [5.41, 5.74) is 5.46. The minimum absolute atomic E-state index is 0.200. The third-order valence-electron chi connectivity index (χ3n) is 5.86. The molecular formula is C23H24BrN5O. The Kier molecular flexibility index (Phi) is 5.06. The Hall–Kier alpha value is -2.67. The minimum atomic E-state index is -0.200. The van der Waals surface area contributed by atoms with Crippen LogP contribution in [0.1, 0.15) is 53.3 Å². The van der Waals surface area contributed by atoms with Gasteiger partial charge in [0.25, 0.3) is 5.91 Å². The number of hydrogen-bond donors (Lipinski definition) is 1. The van der Waals surface area contributed by atoms with Crippen molar-refractivity contribution in [2.45, 2.75) is 38.5 Å². The SMILES string of the molecule is Cc1cc(NC(=O)c2nnn(-c3ccc(Br)cc3)c2C2CC2)ccc1N1CCCC1. The number of nitrogens with zero attached hydrogens (tertiary/aromatic N) is 4. The van der Waals surface area contributed by atoms with Crippen LogP contribution >= 0.6 is 15.9 Å². The maximum absolute atomic E-state index is 13.1. The van der Waals surface area contributed by atoms with E-state index in [-0.39, 0.29) is 5.91 Å². The number of nitrogens with one attached hydrogen (secondary N) is 1. The first kappa shape index (κ1) is 19.3. The number of hydrogen-bond acceptors (Lipinski definition) is 4. The molecule has 5 rings (SSSR count). The lowest BCUT2D eigenvalue weighted by Crippen LogP contribution is -2.19. The van der Waals surface area contributed by atoms with Gasteiger partial charge in [-0.3, -0.25) is 4.79 Å². The average molecular weight is 466 g/mol. The summed E-state index contributed by atoms with van der Waals surface area (Å²) in [7, 11) is 0. The molecule has 0 spiro atoms. The van der Waals surface area contributed by atoms with Gasteiger partial charge in [0.2, 0.25) is 0 Å². The van der Waals surface area contributed by atoms with E-state index in [1.165, 1.54) is 24.1 Å². The van der Waals surface area contributed by atoms with Crippen molar-refractivity contribution in [2.75, 3.05) is 23.3 Å². The molecule has 0 unspecified atom stereocenters. The number of aromatic nitrogens is 3. The summed E-state index contributed by atoms with van der Waals surface area (Å²) in [6, 6.07) is 14.0. The Balaban J connectivity index is 1.40. The zero-order chi connectivity index (χ0) is 20.7. The fraction of sp³-hybridized carbons (Fsp3) is 0.348. The second-order valence-corrected chi connectivity index (χ2v) is 9.05. The van der Waals surface area contributed by atoms with Gasteiger partial charge in [-0.15, -0.1) is 5.10 Å². The Labute approximate surface area is 184 Å². The predicted octanol–water partition coefficient (Wildman–Crippen LogP) is 5.07. The van der Waals surface area contributed by atoms with Crippen molar-refractivity contribution in [1.29, 1.82) is 0 Å². The average Bonchev–Trinajstić information content (AvgIpc) is 3.24. The third kappa shape index (κ3) is 3.74. The van der Waals surface area contributed by atoms with Gasteiger partial charge in [-0.1, -0.05) is 21.1 Å². The number of anilines is 2. The van der Waals surface area contributed by atoms with Gasteiger partial charge in [0, 0.05) is 34.9 Å². The summed E-state index contributed by atoms with van der Waals surface area (Å²) in [5, 5.41) is 11.6. The molecule has 1 saturated carbocycles. The summed E-state index contributed by atoms with van der Waals surface area (Å²) in [6.45, 7) is 4.32. The molecule has 30 heavy (non-hydrogen) atoms. The van der Waals surface area contributed by atoms with Crippen LogP contribution in [0, 0.1) is 6.92 Å². The normalized spacial score (nSPS) is 16.1. The highest BCUT2D eigenvalue weighted by atomic mass is 79.9. The van der Waals surface area contributed by atoms with Crippen molar-refractivity contribution < 1.29 is 4.79 Å². The van der Waals surface area contributed by atoms with Crippen LogP contribution in [0.15, 0.2) is 46.9 Å². The van der Waals surface area contributed by atoms with Gasteiger partial charge in [-0.25, -0.2) is 4.68 Å². The van der Waals surface area contributed by atoms with Gasteiger partial charge in [-0.2, -0.15) is 0 Å². The lowest BCUT2D eigenvalue weighted by molar-refractivity contribution is 0.102. The van der Waals surface area contributed by atoms with E-state index in [2.05, 4.69) is 49.4 Å². The molecule has 2 aliphatic rings. The summed E-state index contributed by atoms with van der Waals surface area (Å²) < 4.78 is 2.81. The van der Waals surface area contributed by atoms with Gasteiger partial charge in [0.05, 0.1) is 11.4 Å². The van der Waals surface area contributed by atoms with E-state index >= 15 is 0 Å². The molecule has 6 nitrogen and oxygen atoms in total. The van der Waals surface area contributed by atoms with Crippen LogP contribution in [0.3, 0.4) is 0 Å². The third-order valence-corrected chi connectivity index (χ3v) is 6.39. The molecule has 1 aromatic heterocycles. The zero-order valence-electron chi connectivity index (χ0n) is 16.9. The number of carbonyl (C=O) groups excluding carboxylic acids is 1. The van der Waals surface area contributed by atoms with E-state index in [9.17, 15) is 4.79 Å². The zero-order valence-corrected chi connectivity index (χ0v) is 18.5. The van der Waals surface area contributed by atoms with Crippen LogP contribution in [-0.4, -0.2) is 34.0 Å². The van der Waals surface area contributed by atoms with Gasteiger partial charge >= 0.3 is 0 Å². The van der Waals surface area contributed by atoms with Crippen LogP contribution in [-0.2, 0) is 0 Å². The topological polar surface area (TPSA) is 63.1 Å². The first-order valence-electron chi connectivity index (χ1n) is 10.5. The molecule has 0 radical (unpaired) electrons. The molecular weight excluding hydrogens is 442 g/mol. The Bertz CT molecular complexity index is 1080. The summed E-state index contributed by atoms with van der Waals surface area (Å²) in [6.07, 6.45) is 4.62. The lowest BCUT2D eigenvalue weighted by Gasteiger charge is -2.20. The standard InChI is InChI=1S/C23H24BrN5O/c1-15-14-18(8-11-20(15)28-12-2-3-13-28)25-23(30)21-22(16-4-5-16)29(27-26-21)19-9-6-17(24)7-10-19/h6-11,14,16H,2-5,12-13H2,1H3,(H,25,30). The fourth-order valence-corrected chi connectivity index (χ4v) is 4.45. The Morgan fingerprint density at radius 3 is 2.50 bits per heavy atom. The first-order chi connectivity index (χ1) is 14.6. The fourth-order valence-electron chi connectivity index (χ4n) is 4.18. The van der Waals surface area contributed by atoms with Crippen LogP contribution in [0.5, 0.6) is 0 Å². The van der Waals surface area contributed by atoms with Crippen LogP contribution < -0.4 is 10.2 Å². The van der Waals surface area contributed by atoms with Crippen molar-refractivity contribution in [1.82, 2.24) is 15.0 Å². The number of benzene rings is 2. The molecule has 2 aromatic carbocycles. The van der Waals surface area contributed by atoms with Crippen molar-refractivity contribution in [3.63, 3.8) is 0 Å². The molecule has 154 valence electrons. The van der Waals surface area contributed by atoms with E-state index in [1.54, 1.807) is 4.68 Å². The molecule has 2 heterocycles. The monoisotopic (exact) mass is 465 g/mol. The lowest BCUT2D eigenvalue weighted by atomic mass is 10.1. The summed E-state index contributed by atoms with van der Waals surface area (Å²) in [5.74, 6) is 0.136. The van der Waals surface area contributed by atoms with E-state index in [0.717, 1.165) is 47.5 Å². The first-order valence-corrected chi connectivity index (χ1v) is 11.3. The second-order valence-electron chi connectivity index (χ2n) is 8.14. The van der Waals surface area contributed by atoms with E-state index in [1.807, 2.05) is 36.4 Å². The minimum Gasteiger partial charge on any atom is -0.371 e. The van der Waals surface area contributed by atoms with Crippen LogP contribution in [0.4, 0.5) is 11.4 Å². The molecule has 3 aromatic rings. The molecule has 1 N–H and O–H groups in total. The van der Waals surface area contributed by atoms with Crippen molar-refractivity contribution >= 4 is 33.2 Å². The highest BCUT2D eigenvalue weighted by Gasteiger charge is 2.34.